The van der Waals surface area contributed by atoms with Crippen LogP contribution in [0.25, 0.3) is 5.65 Å². The first-order chi connectivity index (χ1) is 13.1. The lowest BCUT2D eigenvalue weighted by Gasteiger charge is -2.29. The number of anilines is 2. The van der Waals surface area contributed by atoms with E-state index in [1.165, 1.54) is 41.2 Å². The Balaban J connectivity index is 1.50. The Labute approximate surface area is 157 Å². The van der Waals surface area contributed by atoms with Crippen molar-refractivity contribution in [2.24, 2.45) is 0 Å². The molecule has 4 rings (SSSR count). The third-order valence-electron chi connectivity index (χ3n) is 4.99. The van der Waals surface area contributed by atoms with Gasteiger partial charge in [-0.05, 0) is 47.9 Å². The van der Waals surface area contributed by atoms with Crippen molar-refractivity contribution < 1.29 is 4.92 Å². The number of imidazole rings is 1. The summed E-state index contributed by atoms with van der Waals surface area (Å²) in [6.07, 6.45) is 5.08. The molecule has 1 aliphatic rings. The maximum absolute atomic E-state index is 11.1. The fraction of sp³-hybridized carbons (Fsp3) is 0.368. The molecule has 0 spiro atoms. The molecule has 1 aromatic carbocycles. The molecule has 0 atom stereocenters. The summed E-state index contributed by atoms with van der Waals surface area (Å²) in [5.74, 6) is 0.523. The number of aromatic nitrogens is 3. The van der Waals surface area contributed by atoms with Gasteiger partial charge in [-0.2, -0.15) is 0 Å². The van der Waals surface area contributed by atoms with Crippen LogP contribution in [0.15, 0.2) is 42.6 Å². The standard InChI is InChI=1S/C19H22N6O2/c1-22(18-10-9-17-20-13-19(25(26)27)24(17)21-18)14-15-5-7-16(8-6-15)23-11-3-2-4-12-23/h5-10,13H,2-4,11-12,14H2,1H3. The minimum Gasteiger partial charge on any atom is -0.372 e. The summed E-state index contributed by atoms with van der Waals surface area (Å²) in [7, 11) is 1.93. The summed E-state index contributed by atoms with van der Waals surface area (Å²) in [6.45, 7) is 2.93. The largest absolute Gasteiger partial charge is 0.372 e. The monoisotopic (exact) mass is 366 g/mol. The van der Waals surface area contributed by atoms with Crippen LogP contribution in [0, 0.1) is 10.1 Å². The molecule has 0 unspecified atom stereocenters. The van der Waals surface area contributed by atoms with Crippen molar-refractivity contribution in [3.63, 3.8) is 0 Å². The van der Waals surface area contributed by atoms with Gasteiger partial charge in [0.1, 0.15) is 6.20 Å². The molecule has 2 aromatic heterocycles. The molecule has 0 aliphatic carbocycles. The highest BCUT2D eigenvalue weighted by atomic mass is 16.6. The van der Waals surface area contributed by atoms with Gasteiger partial charge in [0.2, 0.25) is 5.65 Å². The van der Waals surface area contributed by atoms with Crippen molar-refractivity contribution in [3.05, 3.63) is 58.3 Å². The van der Waals surface area contributed by atoms with Crippen molar-refractivity contribution in [2.45, 2.75) is 25.8 Å². The SMILES string of the molecule is CN(Cc1ccc(N2CCCCC2)cc1)c1ccc2ncc([N+](=O)[O-])n2n1. The van der Waals surface area contributed by atoms with Crippen LogP contribution in [0.2, 0.25) is 0 Å². The molecule has 27 heavy (non-hydrogen) atoms. The second-order valence-electron chi connectivity index (χ2n) is 6.91. The number of hydrogen-bond acceptors (Lipinski definition) is 6. The molecule has 8 heteroatoms. The third kappa shape index (κ3) is 3.55. The van der Waals surface area contributed by atoms with E-state index < -0.39 is 4.92 Å². The summed E-state index contributed by atoms with van der Waals surface area (Å²) in [5, 5.41) is 15.5. The van der Waals surface area contributed by atoms with Gasteiger partial charge in [0, 0.05) is 38.4 Å². The molecule has 0 amide bonds. The molecule has 0 bridgehead atoms. The molecule has 1 fully saturated rings. The molecule has 1 saturated heterocycles. The molecule has 0 N–H and O–H groups in total. The number of piperidine rings is 1. The number of hydrogen-bond donors (Lipinski definition) is 0. The van der Waals surface area contributed by atoms with Crippen molar-refractivity contribution in [2.75, 3.05) is 29.9 Å². The van der Waals surface area contributed by atoms with E-state index in [-0.39, 0.29) is 5.82 Å². The fourth-order valence-electron chi connectivity index (χ4n) is 3.50. The van der Waals surface area contributed by atoms with Crippen LogP contribution in [0.1, 0.15) is 24.8 Å². The summed E-state index contributed by atoms with van der Waals surface area (Å²) >= 11 is 0. The van der Waals surface area contributed by atoms with E-state index in [9.17, 15) is 10.1 Å². The minimum absolute atomic E-state index is 0.133. The van der Waals surface area contributed by atoms with E-state index in [0.29, 0.717) is 18.0 Å². The van der Waals surface area contributed by atoms with Gasteiger partial charge in [-0.3, -0.25) is 0 Å². The first-order valence-corrected chi connectivity index (χ1v) is 9.16. The lowest BCUT2D eigenvalue weighted by Crippen LogP contribution is -2.29. The number of nitrogens with zero attached hydrogens (tertiary/aromatic N) is 6. The maximum atomic E-state index is 11.1. The Bertz CT molecular complexity index is 946. The maximum Gasteiger partial charge on any atom is 0.368 e. The van der Waals surface area contributed by atoms with Crippen LogP contribution < -0.4 is 9.80 Å². The molecule has 140 valence electrons. The zero-order valence-corrected chi connectivity index (χ0v) is 15.3. The normalized spacial score (nSPS) is 14.5. The van der Waals surface area contributed by atoms with Crippen LogP contribution in [0.4, 0.5) is 17.3 Å². The fourth-order valence-corrected chi connectivity index (χ4v) is 3.50. The van der Waals surface area contributed by atoms with E-state index in [1.54, 1.807) is 6.07 Å². The smallest absolute Gasteiger partial charge is 0.368 e. The van der Waals surface area contributed by atoms with Crippen molar-refractivity contribution >= 4 is 23.0 Å². The Morgan fingerprint density at radius 3 is 2.56 bits per heavy atom. The van der Waals surface area contributed by atoms with Crippen LogP contribution in [0.3, 0.4) is 0 Å². The van der Waals surface area contributed by atoms with Gasteiger partial charge in [0.05, 0.1) is 0 Å². The average molecular weight is 366 g/mol. The Morgan fingerprint density at radius 1 is 1.11 bits per heavy atom. The molecule has 3 aromatic rings. The van der Waals surface area contributed by atoms with Crippen LogP contribution in [-0.2, 0) is 6.54 Å². The summed E-state index contributed by atoms with van der Waals surface area (Å²) < 4.78 is 1.27. The molecule has 0 saturated carbocycles. The second-order valence-corrected chi connectivity index (χ2v) is 6.91. The van der Waals surface area contributed by atoms with Gasteiger partial charge >= 0.3 is 5.82 Å². The predicted octanol–water partition coefficient (Wildman–Crippen LogP) is 3.26. The van der Waals surface area contributed by atoms with Gasteiger partial charge in [-0.15, -0.1) is 0 Å². The van der Waals surface area contributed by atoms with E-state index in [1.807, 2.05) is 18.0 Å². The number of benzene rings is 1. The predicted molar refractivity (Wildman–Crippen MR) is 104 cm³/mol. The molecule has 1 aliphatic heterocycles. The molecule has 8 nitrogen and oxygen atoms in total. The lowest BCUT2D eigenvalue weighted by molar-refractivity contribution is -0.391. The van der Waals surface area contributed by atoms with Gasteiger partial charge in [0.15, 0.2) is 5.82 Å². The van der Waals surface area contributed by atoms with E-state index >= 15 is 0 Å². The third-order valence-corrected chi connectivity index (χ3v) is 4.99. The van der Waals surface area contributed by atoms with E-state index in [0.717, 1.165) is 13.1 Å². The van der Waals surface area contributed by atoms with Gasteiger partial charge < -0.3 is 19.9 Å². The summed E-state index contributed by atoms with van der Waals surface area (Å²) in [4.78, 5) is 19.0. The Kier molecular flexibility index (Phi) is 4.62. The quantitative estimate of drug-likeness (QED) is 0.509. The van der Waals surface area contributed by atoms with Crippen LogP contribution >= 0.6 is 0 Å². The highest BCUT2D eigenvalue weighted by molar-refractivity contribution is 5.51. The average Bonchev–Trinajstić information content (AvgIpc) is 3.13. The topological polar surface area (TPSA) is 79.8 Å². The lowest BCUT2D eigenvalue weighted by atomic mass is 10.1. The number of nitro groups is 1. The first-order valence-electron chi connectivity index (χ1n) is 9.16. The van der Waals surface area contributed by atoms with Crippen molar-refractivity contribution in [3.8, 4) is 0 Å². The summed E-state index contributed by atoms with van der Waals surface area (Å²) in [6, 6.07) is 12.2. The highest BCUT2D eigenvalue weighted by Gasteiger charge is 2.17. The molecule has 3 heterocycles. The zero-order chi connectivity index (χ0) is 18.8. The van der Waals surface area contributed by atoms with Crippen molar-refractivity contribution in [1.29, 1.82) is 0 Å². The van der Waals surface area contributed by atoms with Gasteiger partial charge in [-0.25, -0.2) is 4.98 Å². The number of rotatable bonds is 5. The van der Waals surface area contributed by atoms with E-state index in [2.05, 4.69) is 39.2 Å². The summed E-state index contributed by atoms with van der Waals surface area (Å²) in [5.41, 5.74) is 2.90. The van der Waals surface area contributed by atoms with Crippen LogP contribution in [0.5, 0.6) is 0 Å². The Hall–Kier alpha value is -3.16. The minimum atomic E-state index is -0.476. The molecule has 0 radical (unpaired) electrons. The zero-order valence-electron chi connectivity index (χ0n) is 15.3. The highest BCUT2D eigenvalue weighted by Crippen LogP contribution is 2.22. The molecular formula is C19H22N6O2. The second kappa shape index (κ2) is 7.22. The molecular weight excluding hydrogens is 344 g/mol. The number of fused-ring (bicyclic) bond motifs is 1. The van der Waals surface area contributed by atoms with Crippen molar-refractivity contribution in [1.82, 2.24) is 14.6 Å². The first kappa shape index (κ1) is 17.3. The van der Waals surface area contributed by atoms with Gasteiger partial charge in [0.25, 0.3) is 0 Å². The van der Waals surface area contributed by atoms with Gasteiger partial charge in [-0.1, -0.05) is 21.7 Å². The Morgan fingerprint density at radius 2 is 1.85 bits per heavy atom. The van der Waals surface area contributed by atoms with Crippen LogP contribution in [-0.4, -0.2) is 39.7 Å². The van der Waals surface area contributed by atoms with E-state index in [4.69, 9.17) is 0 Å².